The van der Waals surface area contributed by atoms with Crippen molar-refractivity contribution < 1.29 is 17.9 Å². The van der Waals surface area contributed by atoms with Crippen LogP contribution < -0.4 is 14.3 Å². The first-order chi connectivity index (χ1) is 12.1. The van der Waals surface area contributed by atoms with Crippen molar-refractivity contribution >= 4 is 42.9 Å². The van der Waals surface area contributed by atoms with Crippen LogP contribution in [0.25, 0.3) is 10.2 Å². The molecule has 130 valence electrons. The highest BCUT2D eigenvalue weighted by Crippen LogP contribution is 2.35. The van der Waals surface area contributed by atoms with Crippen molar-refractivity contribution in [2.75, 3.05) is 13.2 Å². The Hall–Kier alpha value is -2.10. The summed E-state index contributed by atoms with van der Waals surface area (Å²) in [7, 11) is -3.74. The van der Waals surface area contributed by atoms with E-state index in [0.29, 0.717) is 36.1 Å². The molecule has 0 atom stereocenters. The molecule has 9 heteroatoms. The molecule has 0 saturated carbocycles. The minimum Gasteiger partial charge on any atom is -0.486 e. The van der Waals surface area contributed by atoms with Crippen LogP contribution in [-0.4, -0.2) is 26.2 Å². The normalized spacial score (nSPS) is 14.8. The van der Waals surface area contributed by atoms with Gasteiger partial charge in [0.15, 0.2) is 11.5 Å². The zero-order valence-corrected chi connectivity index (χ0v) is 15.5. The highest BCUT2D eigenvalue weighted by molar-refractivity contribution is 7.92. The van der Waals surface area contributed by atoms with E-state index in [1.807, 2.05) is 16.7 Å². The van der Waals surface area contributed by atoms with Gasteiger partial charge >= 0.3 is 0 Å². The Kier molecular flexibility index (Phi) is 4.14. The maximum atomic E-state index is 12.5. The molecule has 0 saturated heterocycles. The number of hydrogen-bond donors (Lipinski definition) is 0. The Balaban J connectivity index is 1.95. The molecule has 3 heterocycles. The van der Waals surface area contributed by atoms with Crippen molar-refractivity contribution in [2.24, 2.45) is 4.40 Å². The van der Waals surface area contributed by atoms with Crippen LogP contribution in [-0.2, 0) is 16.6 Å². The minimum absolute atomic E-state index is 0.223. The Bertz CT molecular complexity index is 1110. The van der Waals surface area contributed by atoms with E-state index in [0.717, 1.165) is 21.6 Å². The van der Waals surface area contributed by atoms with Crippen molar-refractivity contribution in [1.29, 1.82) is 0 Å². The Morgan fingerprint density at radius 1 is 1.28 bits per heavy atom. The molecule has 0 spiro atoms. The number of sulfonamides is 1. The third kappa shape index (κ3) is 2.99. The van der Waals surface area contributed by atoms with Gasteiger partial charge in [-0.15, -0.1) is 22.3 Å². The molecule has 1 aromatic carbocycles. The van der Waals surface area contributed by atoms with Crippen molar-refractivity contribution in [3.63, 3.8) is 0 Å². The van der Waals surface area contributed by atoms with E-state index in [-0.39, 0.29) is 4.21 Å². The molecule has 0 aliphatic carbocycles. The monoisotopic (exact) mass is 394 g/mol. The third-order valence-corrected chi connectivity index (χ3v) is 7.40. The van der Waals surface area contributed by atoms with Crippen molar-refractivity contribution in [1.82, 2.24) is 4.57 Å². The Labute approximate surface area is 152 Å². The molecule has 0 bridgehead atoms. The van der Waals surface area contributed by atoms with Crippen LogP contribution in [0.15, 0.2) is 50.9 Å². The Morgan fingerprint density at radius 3 is 2.72 bits per heavy atom. The predicted molar refractivity (Wildman–Crippen MR) is 98.1 cm³/mol. The fourth-order valence-corrected chi connectivity index (χ4v) is 5.76. The zero-order valence-electron chi connectivity index (χ0n) is 13.0. The molecule has 0 amide bonds. The van der Waals surface area contributed by atoms with Gasteiger partial charge in [-0.1, -0.05) is 23.5 Å². The summed E-state index contributed by atoms with van der Waals surface area (Å²) in [6.45, 7) is 5.19. The molecular weight excluding hydrogens is 380 g/mol. The summed E-state index contributed by atoms with van der Waals surface area (Å²) in [5.74, 6) is 1.32. The lowest BCUT2D eigenvalue weighted by atomic mass is 10.2. The number of aromatic nitrogens is 1. The molecule has 0 unspecified atom stereocenters. The van der Waals surface area contributed by atoms with Crippen molar-refractivity contribution in [3.05, 3.63) is 47.1 Å². The van der Waals surface area contributed by atoms with Gasteiger partial charge in [-0.05, 0) is 11.4 Å². The number of benzene rings is 1. The average Bonchev–Trinajstić information content (AvgIpc) is 3.23. The first-order valence-corrected chi connectivity index (χ1v) is 10.6. The number of ether oxygens (including phenoxy) is 2. The van der Waals surface area contributed by atoms with Gasteiger partial charge in [-0.25, -0.2) is 0 Å². The number of allylic oxidation sites excluding steroid dienone is 1. The van der Waals surface area contributed by atoms with Gasteiger partial charge in [-0.2, -0.15) is 8.42 Å². The second kappa shape index (κ2) is 6.32. The van der Waals surface area contributed by atoms with Crippen LogP contribution in [0, 0.1) is 0 Å². The van der Waals surface area contributed by atoms with E-state index in [1.54, 1.807) is 23.6 Å². The van der Waals surface area contributed by atoms with Gasteiger partial charge in [-0.3, -0.25) is 0 Å². The molecule has 2 aromatic heterocycles. The summed E-state index contributed by atoms with van der Waals surface area (Å²) in [6, 6.07) is 6.97. The van der Waals surface area contributed by atoms with Crippen molar-refractivity contribution in [3.8, 4) is 11.5 Å². The number of thiophene rings is 1. The average molecular weight is 394 g/mol. The number of thiazole rings is 1. The largest absolute Gasteiger partial charge is 0.486 e. The highest BCUT2D eigenvalue weighted by Gasteiger charge is 2.18. The fourth-order valence-electron chi connectivity index (χ4n) is 2.54. The second-order valence-electron chi connectivity index (χ2n) is 5.25. The first-order valence-electron chi connectivity index (χ1n) is 7.47. The van der Waals surface area contributed by atoms with Crippen LogP contribution in [0.2, 0.25) is 0 Å². The quantitative estimate of drug-likeness (QED) is 0.638. The van der Waals surface area contributed by atoms with Crippen LogP contribution in [0.1, 0.15) is 0 Å². The number of nitrogens with zero attached hydrogens (tertiary/aromatic N) is 2. The van der Waals surface area contributed by atoms with Gasteiger partial charge in [0.1, 0.15) is 17.4 Å². The van der Waals surface area contributed by atoms with Crippen LogP contribution in [0.3, 0.4) is 0 Å². The topological polar surface area (TPSA) is 69.9 Å². The number of hydrogen-bond acceptors (Lipinski definition) is 6. The van der Waals surface area contributed by atoms with E-state index in [4.69, 9.17) is 9.47 Å². The van der Waals surface area contributed by atoms with E-state index < -0.39 is 10.0 Å². The maximum Gasteiger partial charge on any atom is 0.294 e. The van der Waals surface area contributed by atoms with Gasteiger partial charge in [0, 0.05) is 18.7 Å². The summed E-state index contributed by atoms with van der Waals surface area (Å²) in [4.78, 5) is 0.394. The summed E-state index contributed by atoms with van der Waals surface area (Å²) in [5, 5.41) is 1.72. The van der Waals surface area contributed by atoms with Crippen LogP contribution in [0.5, 0.6) is 11.5 Å². The molecule has 0 radical (unpaired) electrons. The number of rotatable bonds is 4. The molecule has 0 N–H and O–H groups in total. The molecule has 1 aliphatic rings. The summed E-state index contributed by atoms with van der Waals surface area (Å²) >= 11 is 2.45. The number of fused-ring (bicyclic) bond motifs is 2. The fraction of sp³-hybridized carbons (Fsp3) is 0.188. The minimum atomic E-state index is -3.74. The maximum absolute atomic E-state index is 12.5. The molecule has 1 aliphatic heterocycles. The van der Waals surface area contributed by atoms with E-state index in [9.17, 15) is 8.42 Å². The third-order valence-electron chi connectivity index (χ3n) is 3.61. The van der Waals surface area contributed by atoms with Gasteiger partial charge < -0.3 is 14.0 Å². The van der Waals surface area contributed by atoms with E-state index in [1.165, 1.54) is 11.3 Å². The van der Waals surface area contributed by atoms with Crippen LogP contribution in [0.4, 0.5) is 0 Å². The lowest BCUT2D eigenvalue weighted by Gasteiger charge is -2.18. The van der Waals surface area contributed by atoms with Crippen molar-refractivity contribution in [2.45, 2.75) is 10.8 Å². The first kappa shape index (κ1) is 16.4. The summed E-state index contributed by atoms with van der Waals surface area (Å²) in [5.41, 5.74) is 0.842. The predicted octanol–water partition coefficient (Wildman–Crippen LogP) is 3.01. The summed E-state index contributed by atoms with van der Waals surface area (Å²) in [6.07, 6.45) is 1.71. The molecular formula is C16H14N2O4S3. The standard InChI is InChI=1S/C16H14N2O4S3/c1-2-5-18-11-9-12-13(22-7-6-21-12)10-14(11)24-16(18)17-25(19,20)15-4-3-8-23-15/h2-4,8-10H,1,5-7H2. The Morgan fingerprint density at radius 2 is 2.04 bits per heavy atom. The lowest BCUT2D eigenvalue weighted by Crippen LogP contribution is -2.17. The van der Waals surface area contributed by atoms with E-state index >= 15 is 0 Å². The molecule has 6 nitrogen and oxygen atoms in total. The summed E-state index contributed by atoms with van der Waals surface area (Å²) < 4.78 is 43.2. The van der Waals surface area contributed by atoms with Crippen LogP contribution >= 0.6 is 22.7 Å². The molecule has 0 fully saturated rings. The molecule has 4 rings (SSSR count). The molecule has 25 heavy (non-hydrogen) atoms. The second-order valence-corrected chi connectivity index (χ2v) is 9.03. The molecule has 3 aromatic rings. The van der Waals surface area contributed by atoms with Gasteiger partial charge in [0.25, 0.3) is 10.0 Å². The SMILES string of the molecule is C=CCn1c(=NS(=O)(=O)c2cccs2)sc2cc3c(cc21)OCCO3. The highest BCUT2D eigenvalue weighted by atomic mass is 32.2. The van der Waals surface area contributed by atoms with E-state index in [2.05, 4.69) is 11.0 Å². The van der Waals surface area contributed by atoms with Gasteiger partial charge in [0.2, 0.25) is 4.80 Å². The lowest BCUT2D eigenvalue weighted by molar-refractivity contribution is 0.172. The smallest absolute Gasteiger partial charge is 0.294 e. The van der Waals surface area contributed by atoms with Gasteiger partial charge in [0.05, 0.1) is 10.2 Å². The zero-order chi connectivity index (χ0) is 17.4.